The van der Waals surface area contributed by atoms with Crippen molar-refractivity contribution in [1.82, 2.24) is 0 Å². The molecule has 5 nitrogen and oxygen atoms in total. The van der Waals surface area contributed by atoms with Crippen LogP contribution < -0.4 is 9.64 Å². The largest absolute Gasteiger partial charge is 0.507 e. The number of aliphatic hydroxyl groups is 1. The monoisotopic (exact) mass is 497 g/mol. The van der Waals surface area contributed by atoms with E-state index in [4.69, 9.17) is 16.3 Å². The molecule has 180 valence electrons. The molecule has 0 saturated carbocycles. The molecule has 0 bridgehead atoms. The normalized spacial score (nSPS) is 17.2. The summed E-state index contributed by atoms with van der Waals surface area (Å²) in [4.78, 5) is 28.4. The number of hydrogen-bond acceptors (Lipinski definition) is 4. The second-order valence-electron chi connectivity index (χ2n) is 8.91. The number of hydrogen-bond donors (Lipinski definition) is 1. The summed E-state index contributed by atoms with van der Waals surface area (Å²) < 4.78 is 5.78. The van der Waals surface area contributed by atoms with Gasteiger partial charge in [-0.15, -0.1) is 0 Å². The van der Waals surface area contributed by atoms with Crippen molar-refractivity contribution in [2.75, 3.05) is 4.90 Å². The van der Waals surface area contributed by atoms with Gasteiger partial charge in [0.15, 0.2) is 0 Å². The predicted molar refractivity (Wildman–Crippen MR) is 142 cm³/mol. The second-order valence-corrected chi connectivity index (χ2v) is 9.34. The first-order valence-corrected chi connectivity index (χ1v) is 12.0. The topological polar surface area (TPSA) is 66.8 Å². The van der Waals surface area contributed by atoms with E-state index in [0.29, 0.717) is 22.0 Å². The summed E-state index contributed by atoms with van der Waals surface area (Å²) in [6, 6.07) is 26.3. The molecule has 1 fully saturated rings. The molecule has 0 radical (unpaired) electrons. The summed E-state index contributed by atoms with van der Waals surface area (Å²) in [5.41, 5.74) is 1.66. The molecule has 1 amide bonds. The number of benzene rings is 4. The average molecular weight is 498 g/mol. The van der Waals surface area contributed by atoms with Crippen molar-refractivity contribution in [2.24, 2.45) is 0 Å². The van der Waals surface area contributed by atoms with Crippen LogP contribution in [-0.2, 0) is 9.59 Å². The highest BCUT2D eigenvalue weighted by Gasteiger charge is 2.47. The molecular formula is C30H24ClNO4. The highest BCUT2D eigenvalue weighted by atomic mass is 35.5. The SMILES string of the molecule is CC(C)Oc1cccc(/C(O)=C2/C(=O)C(=O)N(c3ccc(Cl)cc3)C2c2cccc3ccccc23)c1. The minimum absolute atomic E-state index is 0.0213. The van der Waals surface area contributed by atoms with Gasteiger partial charge >= 0.3 is 0 Å². The van der Waals surface area contributed by atoms with Crippen LogP contribution in [-0.4, -0.2) is 22.9 Å². The Morgan fingerprint density at radius 3 is 2.36 bits per heavy atom. The summed E-state index contributed by atoms with van der Waals surface area (Å²) in [5, 5.41) is 13.8. The van der Waals surface area contributed by atoms with E-state index in [-0.39, 0.29) is 17.4 Å². The zero-order valence-electron chi connectivity index (χ0n) is 19.8. The van der Waals surface area contributed by atoms with Gasteiger partial charge in [-0.05, 0) is 66.6 Å². The van der Waals surface area contributed by atoms with Gasteiger partial charge in [0.05, 0.1) is 17.7 Å². The number of carbonyl (C=O) groups is 2. The van der Waals surface area contributed by atoms with Crippen LogP contribution in [0.5, 0.6) is 5.75 Å². The highest BCUT2D eigenvalue weighted by Crippen LogP contribution is 2.44. The fraction of sp³-hybridized carbons (Fsp3) is 0.133. The fourth-order valence-electron chi connectivity index (χ4n) is 4.63. The van der Waals surface area contributed by atoms with Crippen LogP contribution in [0.25, 0.3) is 16.5 Å². The average Bonchev–Trinajstić information content (AvgIpc) is 3.13. The number of ketones is 1. The van der Waals surface area contributed by atoms with Crippen LogP contribution in [0.4, 0.5) is 5.69 Å². The zero-order chi connectivity index (χ0) is 25.4. The molecule has 1 atom stereocenters. The summed E-state index contributed by atoms with van der Waals surface area (Å²) in [6.45, 7) is 3.81. The number of fused-ring (bicyclic) bond motifs is 1. The van der Waals surface area contributed by atoms with Gasteiger partial charge in [0.25, 0.3) is 11.7 Å². The standard InChI is InChI=1S/C30H24ClNO4/c1-18(2)36-23-10-5-9-20(17-23)28(33)26-27(25-12-6-8-19-7-3-4-11-24(19)25)32(30(35)29(26)34)22-15-13-21(31)14-16-22/h3-18,27,33H,1-2H3/b28-26-. The van der Waals surface area contributed by atoms with Crippen molar-refractivity contribution in [3.05, 3.63) is 113 Å². The number of nitrogens with zero attached hydrogens (tertiary/aromatic N) is 1. The number of anilines is 1. The Labute approximate surface area is 214 Å². The number of carbonyl (C=O) groups excluding carboxylic acids is 2. The van der Waals surface area contributed by atoms with Gasteiger partial charge in [0, 0.05) is 16.3 Å². The Balaban J connectivity index is 1.76. The molecule has 1 saturated heterocycles. The minimum Gasteiger partial charge on any atom is -0.507 e. The number of ether oxygens (including phenoxy) is 1. The van der Waals surface area contributed by atoms with Gasteiger partial charge < -0.3 is 9.84 Å². The van der Waals surface area contributed by atoms with Crippen LogP contribution in [0, 0.1) is 0 Å². The smallest absolute Gasteiger partial charge is 0.300 e. The summed E-state index contributed by atoms with van der Waals surface area (Å²) in [5.74, 6) is -1.17. The number of Topliss-reactive ketones (excluding diaryl/α,β-unsaturated/α-hetero) is 1. The molecule has 1 unspecified atom stereocenters. The van der Waals surface area contributed by atoms with Gasteiger partial charge in [-0.3, -0.25) is 14.5 Å². The fourth-order valence-corrected chi connectivity index (χ4v) is 4.75. The second kappa shape index (κ2) is 9.51. The van der Waals surface area contributed by atoms with Crippen molar-refractivity contribution in [2.45, 2.75) is 26.0 Å². The Hall–Kier alpha value is -4.09. The molecular weight excluding hydrogens is 474 g/mol. The Kier molecular flexibility index (Phi) is 6.25. The van der Waals surface area contributed by atoms with E-state index in [1.54, 1.807) is 48.5 Å². The van der Waals surface area contributed by atoms with E-state index in [1.807, 2.05) is 56.3 Å². The molecule has 4 aromatic carbocycles. The number of rotatable bonds is 5. The number of amides is 1. The third-order valence-corrected chi connectivity index (χ3v) is 6.40. The first-order valence-electron chi connectivity index (χ1n) is 11.7. The third-order valence-electron chi connectivity index (χ3n) is 6.15. The number of aliphatic hydroxyl groups excluding tert-OH is 1. The van der Waals surface area contributed by atoms with Crippen LogP contribution in [0.2, 0.25) is 5.02 Å². The molecule has 36 heavy (non-hydrogen) atoms. The summed E-state index contributed by atoms with van der Waals surface area (Å²) in [7, 11) is 0. The lowest BCUT2D eigenvalue weighted by molar-refractivity contribution is -0.132. The van der Waals surface area contributed by atoms with E-state index in [2.05, 4.69) is 0 Å². The molecule has 1 heterocycles. The lowest BCUT2D eigenvalue weighted by Crippen LogP contribution is -2.29. The van der Waals surface area contributed by atoms with Crippen LogP contribution in [0.15, 0.2) is 96.6 Å². The van der Waals surface area contributed by atoms with Gasteiger partial charge in [-0.1, -0.05) is 66.2 Å². The zero-order valence-corrected chi connectivity index (χ0v) is 20.6. The Morgan fingerprint density at radius 1 is 0.917 bits per heavy atom. The van der Waals surface area contributed by atoms with E-state index in [1.165, 1.54) is 4.90 Å². The highest BCUT2D eigenvalue weighted by molar-refractivity contribution is 6.52. The first-order chi connectivity index (χ1) is 17.3. The van der Waals surface area contributed by atoms with Gasteiger partial charge in [0.2, 0.25) is 0 Å². The molecule has 0 aliphatic carbocycles. The lowest BCUT2D eigenvalue weighted by atomic mass is 9.91. The predicted octanol–water partition coefficient (Wildman–Crippen LogP) is 6.91. The molecule has 1 aliphatic heterocycles. The van der Waals surface area contributed by atoms with Crippen molar-refractivity contribution in [3.8, 4) is 5.75 Å². The van der Waals surface area contributed by atoms with Gasteiger partial charge in [0.1, 0.15) is 11.5 Å². The number of halogens is 1. The van der Waals surface area contributed by atoms with Gasteiger partial charge in [-0.2, -0.15) is 0 Å². The van der Waals surface area contributed by atoms with Crippen molar-refractivity contribution in [1.29, 1.82) is 0 Å². The van der Waals surface area contributed by atoms with Crippen LogP contribution in [0.3, 0.4) is 0 Å². The molecule has 5 rings (SSSR count). The maximum absolute atomic E-state index is 13.5. The maximum atomic E-state index is 13.5. The van der Waals surface area contributed by atoms with Crippen molar-refractivity contribution < 1.29 is 19.4 Å². The van der Waals surface area contributed by atoms with E-state index in [9.17, 15) is 14.7 Å². The molecule has 1 N–H and O–H groups in total. The van der Waals surface area contributed by atoms with Crippen LogP contribution in [0.1, 0.15) is 31.0 Å². The Bertz CT molecular complexity index is 1500. The lowest BCUT2D eigenvalue weighted by Gasteiger charge is -2.26. The summed E-state index contributed by atoms with van der Waals surface area (Å²) in [6.07, 6.45) is -0.0615. The molecule has 0 spiro atoms. The first kappa shape index (κ1) is 23.6. The Morgan fingerprint density at radius 2 is 1.61 bits per heavy atom. The van der Waals surface area contributed by atoms with Crippen molar-refractivity contribution in [3.63, 3.8) is 0 Å². The van der Waals surface area contributed by atoms with Crippen molar-refractivity contribution >= 4 is 45.5 Å². The van der Waals surface area contributed by atoms with E-state index >= 15 is 0 Å². The summed E-state index contributed by atoms with van der Waals surface area (Å²) >= 11 is 6.09. The minimum atomic E-state index is -0.841. The molecule has 6 heteroatoms. The molecule has 4 aromatic rings. The van der Waals surface area contributed by atoms with E-state index in [0.717, 1.165) is 16.3 Å². The maximum Gasteiger partial charge on any atom is 0.300 e. The third kappa shape index (κ3) is 4.23. The quantitative estimate of drug-likeness (QED) is 0.185. The molecule has 1 aliphatic rings. The van der Waals surface area contributed by atoms with Crippen LogP contribution >= 0.6 is 11.6 Å². The molecule has 0 aromatic heterocycles. The van der Waals surface area contributed by atoms with E-state index < -0.39 is 17.7 Å². The van der Waals surface area contributed by atoms with Gasteiger partial charge in [-0.25, -0.2) is 0 Å².